The molecule has 1 amide bonds. The number of anilines is 1. The molecule has 7 nitrogen and oxygen atoms in total. The number of halogens is 3. The van der Waals surface area contributed by atoms with Crippen LogP contribution in [-0.4, -0.2) is 64.8 Å². The summed E-state index contributed by atoms with van der Waals surface area (Å²) in [4.78, 5) is 21.6. The first-order chi connectivity index (χ1) is 16.9. The van der Waals surface area contributed by atoms with Crippen LogP contribution in [0.25, 0.3) is 5.65 Å². The minimum atomic E-state index is -4.35. The number of carbonyl (C=O) groups is 1. The maximum atomic E-state index is 13.5. The van der Waals surface area contributed by atoms with E-state index >= 15 is 0 Å². The van der Waals surface area contributed by atoms with E-state index in [1.807, 2.05) is 12.1 Å². The predicted octanol–water partition coefficient (Wildman–Crippen LogP) is 3.85. The Kier molecular flexibility index (Phi) is 5.43. The SMILES string of the molecule is O=C(c1cn2nc(N3CCOCC3)ccc2n1)N1C[C@H]2C[C@@H](c3ccccc3C(F)(F)F)C[C@H]2C1. The van der Waals surface area contributed by atoms with Crippen LogP contribution >= 0.6 is 0 Å². The smallest absolute Gasteiger partial charge is 0.378 e. The van der Waals surface area contributed by atoms with Gasteiger partial charge in [0.2, 0.25) is 0 Å². The Morgan fingerprint density at radius 3 is 2.43 bits per heavy atom. The van der Waals surface area contributed by atoms with Crippen LogP contribution in [0.15, 0.2) is 42.6 Å². The first-order valence-electron chi connectivity index (χ1n) is 12.0. The Morgan fingerprint density at radius 1 is 1.00 bits per heavy atom. The lowest BCUT2D eigenvalue weighted by Crippen LogP contribution is -2.36. The van der Waals surface area contributed by atoms with E-state index in [4.69, 9.17) is 4.74 Å². The fourth-order valence-corrected chi connectivity index (χ4v) is 5.93. The first kappa shape index (κ1) is 22.3. The molecular formula is C25H26F3N5O2. The molecule has 1 aromatic carbocycles. The van der Waals surface area contributed by atoms with Gasteiger partial charge in [-0.3, -0.25) is 4.79 Å². The lowest BCUT2D eigenvalue weighted by Gasteiger charge is -2.27. The lowest BCUT2D eigenvalue weighted by molar-refractivity contribution is -0.138. The van der Waals surface area contributed by atoms with Crippen LogP contribution in [0, 0.1) is 11.8 Å². The zero-order valence-electron chi connectivity index (χ0n) is 19.1. The van der Waals surface area contributed by atoms with E-state index in [1.165, 1.54) is 12.1 Å². The summed E-state index contributed by atoms with van der Waals surface area (Å²) in [7, 11) is 0. The van der Waals surface area contributed by atoms with Gasteiger partial charge in [0.25, 0.3) is 5.91 Å². The molecule has 184 valence electrons. The van der Waals surface area contributed by atoms with Crippen LogP contribution in [0.2, 0.25) is 0 Å². The molecule has 3 aliphatic rings. The van der Waals surface area contributed by atoms with Crippen molar-refractivity contribution in [1.82, 2.24) is 19.5 Å². The molecule has 1 aliphatic carbocycles. The second-order valence-electron chi connectivity index (χ2n) is 9.70. The summed E-state index contributed by atoms with van der Waals surface area (Å²) in [5.74, 6) is 0.947. The standard InChI is InChI=1S/C25H26F3N5O2/c26-25(27,28)20-4-2-1-3-19(20)16-11-17-13-32(14-18(17)12-16)24(34)21-15-33-22(29-21)5-6-23(30-33)31-7-9-35-10-8-31/h1-6,15-18H,7-14H2/t16-,17-,18+. The van der Waals surface area contributed by atoms with Gasteiger partial charge in [-0.2, -0.15) is 13.2 Å². The second-order valence-corrected chi connectivity index (χ2v) is 9.70. The van der Waals surface area contributed by atoms with Crippen LogP contribution < -0.4 is 4.90 Å². The number of benzene rings is 1. The fraction of sp³-hybridized carbons (Fsp3) is 0.480. The minimum Gasteiger partial charge on any atom is -0.378 e. The van der Waals surface area contributed by atoms with Crippen molar-refractivity contribution < 1.29 is 22.7 Å². The summed E-state index contributed by atoms with van der Waals surface area (Å²) in [6.07, 6.45) is -1.36. The van der Waals surface area contributed by atoms with Gasteiger partial charge in [-0.1, -0.05) is 18.2 Å². The Labute approximate surface area is 200 Å². The van der Waals surface area contributed by atoms with Gasteiger partial charge in [-0.05, 0) is 54.4 Å². The van der Waals surface area contributed by atoms with E-state index in [0.29, 0.717) is 56.0 Å². The number of likely N-dealkylation sites (tertiary alicyclic amines) is 1. The van der Waals surface area contributed by atoms with E-state index < -0.39 is 11.7 Å². The van der Waals surface area contributed by atoms with Crippen LogP contribution in [0.1, 0.15) is 40.4 Å². The molecule has 10 heteroatoms. The molecule has 6 rings (SSSR count). The van der Waals surface area contributed by atoms with Crippen molar-refractivity contribution in [2.45, 2.75) is 24.9 Å². The average Bonchev–Trinajstić information content (AvgIpc) is 3.56. The van der Waals surface area contributed by atoms with E-state index in [9.17, 15) is 18.0 Å². The van der Waals surface area contributed by atoms with Gasteiger partial charge in [0, 0.05) is 26.2 Å². The Balaban J connectivity index is 1.15. The maximum absolute atomic E-state index is 13.5. The summed E-state index contributed by atoms with van der Waals surface area (Å²) in [6.45, 7) is 3.96. The van der Waals surface area contributed by atoms with Crippen LogP contribution in [0.3, 0.4) is 0 Å². The van der Waals surface area contributed by atoms with Crippen molar-refractivity contribution in [3.8, 4) is 0 Å². The normalized spacial score (nSPS) is 24.8. The number of alkyl halides is 3. The number of imidazole rings is 1. The van der Waals surface area contributed by atoms with Gasteiger partial charge in [0.05, 0.1) is 25.0 Å². The minimum absolute atomic E-state index is 0.127. The molecule has 35 heavy (non-hydrogen) atoms. The van der Waals surface area contributed by atoms with Crippen molar-refractivity contribution in [3.63, 3.8) is 0 Å². The molecule has 2 aliphatic heterocycles. The molecule has 2 saturated heterocycles. The molecule has 0 radical (unpaired) electrons. The van der Waals surface area contributed by atoms with Crippen molar-refractivity contribution in [1.29, 1.82) is 0 Å². The number of hydrogen-bond acceptors (Lipinski definition) is 5. The highest BCUT2D eigenvalue weighted by molar-refractivity contribution is 5.93. The third kappa shape index (κ3) is 4.13. The van der Waals surface area contributed by atoms with Gasteiger partial charge in [-0.15, -0.1) is 5.10 Å². The van der Waals surface area contributed by atoms with E-state index in [-0.39, 0.29) is 23.7 Å². The number of rotatable bonds is 3. The van der Waals surface area contributed by atoms with E-state index in [2.05, 4.69) is 15.0 Å². The molecule has 1 saturated carbocycles. The number of hydrogen-bond donors (Lipinski definition) is 0. The number of ether oxygens (including phenoxy) is 1. The van der Waals surface area contributed by atoms with Crippen LogP contribution in [0.5, 0.6) is 0 Å². The van der Waals surface area contributed by atoms with Crippen LogP contribution in [0.4, 0.5) is 19.0 Å². The summed E-state index contributed by atoms with van der Waals surface area (Å²) < 4.78 is 47.5. The number of morpholine rings is 1. The predicted molar refractivity (Wildman–Crippen MR) is 122 cm³/mol. The van der Waals surface area contributed by atoms with Crippen molar-refractivity contribution in [3.05, 3.63) is 59.4 Å². The average molecular weight is 486 g/mol. The van der Waals surface area contributed by atoms with Crippen molar-refractivity contribution in [2.24, 2.45) is 11.8 Å². The zero-order valence-corrected chi connectivity index (χ0v) is 19.1. The fourth-order valence-electron chi connectivity index (χ4n) is 5.93. The molecule has 2 aromatic heterocycles. The lowest BCUT2D eigenvalue weighted by atomic mass is 9.91. The Morgan fingerprint density at radius 2 is 1.71 bits per heavy atom. The maximum Gasteiger partial charge on any atom is 0.416 e. The first-order valence-corrected chi connectivity index (χ1v) is 12.0. The largest absolute Gasteiger partial charge is 0.416 e. The molecule has 0 unspecified atom stereocenters. The number of carbonyl (C=O) groups excluding carboxylic acids is 1. The topological polar surface area (TPSA) is 63.0 Å². The number of amides is 1. The number of fused-ring (bicyclic) bond motifs is 2. The molecular weight excluding hydrogens is 459 g/mol. The molecule has 0 bridgehead atoms. The van der Waals surface area contributed by atoms with Crippen molar-refractivity contribution in [2.75, 3.05) is 44.3 Å². The Bertz CT molecular complexity index is 1240. The van der Waals surface area contributed by atoms with Crippen molar-refractivity contribution >= 4 is 17.4 Å². The second kappa shape index (κ2) is 8.51. The molecule has 3 aromatic rings. The van der Waals surface area contributed by atoms with Gasteiger partial charge in [0.15, 0.2) is 5.65 Å². The van der Waals surface area contributed by atoms with Gasteiger partial charge >= 0.3 is 6.18 Å². The molecule has 0 N–H and O–H groups in total. The van der Waals surface area contributed by atoms with Gasteiger partial charge in [-0.25, -0.2) is 9.50 Å². The highest BCUT2D eigenvalue weighted by Gasteiger charge is 2.45. The molecule has 3 atom stereocenters. The Hall–Kier alpha value is -3.14. The molecule has 0 spiro atoms. The van der Waals surface area contributed by atoms with Gasteiger partial charge in [0.1, 0.15) is 11.5 Å². The van der Waals surface area contributed by atoms with E-state index in [1.54, 1.807) is 27.7 Å². The summed E-state index contributed by atoms with van der Waals surface area (Å²) in [6, 6.07) is 9.65. The third-order valence-corrected chi connectivity index (χ3v) is 7.60. The van der Waals surface area contributed by atoms with Crippen LogP contribution in [-0.2, 0) is 10.9 Å². The monoisotopic (exact) mass is 485 g/mol. The highest BCUT2D eigenvalue weighted by atomic mass is 19.4. The van der Waals surface area contributed by atoms with Gasteiger partial charge < -0.3 is 14.5 Å². The molecule has 3 fully saturated rings. The zero-order chi connectivity index (χ0) is 24.2. The number of aromatic nitrogens is 3. The third-order valence-electron chi connectivity index (χ3n) is 7.60. The summed E-state index contributed by atoms with van der Waals surface area (Å²) >= 11 is 0. The summed E-state index contributed by atoms with van der Waals surface area (Å²) in [5.41, 5.74) is 0.797. The number of nitrogens with zero attached hydrogens (tertiary/aromatic N) is 5. The summed E-state index contributed by atoms with van der Waals surface area (Å²) in [5, 5.41) is 4.62. The quantitative estimate of drug-likeness (QED) is 0.564. The van der Waals surface area contributed by atoms with E-state index in [0.717, 1.165) is 18.9 Å². The highest BCUT2D eigenvalue weighted by Crippen LogP contribution is 2.49. The molecule has 4 heterocycles.